The Morgan fingerprint density at radius 2 is 1.48 bits per heavy atom. The Hall–Kier alpha value is -1.80. The molecule has 0 N–H and O–H groups in total. The van der Waals surface area contributed by atoms with Gasteiger partial charge in [0.1, 0.15) is 5.75 Å². The number of fused-ring (bicyclic) bond motifs is 1. The summed E-state index contributed by atoms with van der Waals surface area (Å²) in [6.07, 6.45) is 3.68. The van der Waals surface area contributed by atoms with Crippen molar-refractivity contribution >= 4 is 14.9 Å². The second-order valence-corrected chi connectivity index (χ2v) is 15.3. The van der Waals surface area contributed by atoms with Gasteiger partial charge in [0.25, 0.3) is 0 Å². The van der Waals surface area contributed by atoms with E-state index in [0.717, 1.165) is 12.2 Å². The van der Waals surface area contributed by atoms with Crippen LogP contribution in [0, 0.1) is 19.3 Å². The fourth-order valence-corrected chi connectivity index (χ4v) is 7.39. The van der Waals surface area contributed by atoms with Gasteiger partial charge in [-0.2, -0.15) is 0 Å². The number of methoxy groups -OCH3 is 1. The van der Waals surface area contributed by atoms with E-state index in [1.54, 1.807) is 11.1 Å². The lowest BCUT2D eigenvalue weighted by Crippen LogP contribution is -2.21. The van der Waals surface area contributed by atoms with Crippen molar-refractivity contribution in [1.29, 1.82) is 0 Å². The highest BCUT2D eigenvalue weighted by molar-refractivity contribution is 6.58. The number of hydrogen-bond acceptors (Lipinski definition) is 1. The minimum absolute atomic E-state index is 0.0177. The predicted octanol–water partition coefficient (Wildman–Crippen LogP) is 8.22. The van der Waals surface area contributed by atoms with E-state index in [2.05, 4.69) is 98.8 Å². The summed E-state index contributed by atoms with van der Waals surface area (Å²) in [5, 5.41) is 0. The van der Waals surface area contributed by atoms with E-state index in [0.29, 0.717) is 5.54 Å². The van der Waals surface area contributed by atoms with Gasteiger partial charge in [0.05, 0.1) is 7.11 Å². The topological polar surface area (TPSA) is 9.23 Å². The highest BCUT2D eigenvalue weighted by atomic mass is 28.3. The SMILES string of the molecule is COc1c(C(C)(C)C)cc2c(c1-c1cc(C)cc(C)c1)C=C(CC(C)(C)C)C2[SiH](C)C. The third-order valence-corrected chi connectivity index (χ3v) is 8.46. The van der Waals surface area contributed by atoms with Crippen molar-refractivity contribution in [1.82, 2.24) is 0 Å². The Morgan fingerprint density at radius 3 is 1.94 bits per heavy atom. The first kappa shape index (κ1) is 23.9. The van der Waals surface area contributed by atoms with Crippen molar-refractivity contribution in [2.75, 3.05) is 7.11 Å². The molecule has 0 saturated carbocycles. The smallest absolute Gasteiger partial charge is 0.131 e. The summed E-state index contributed by atoms with van der Waals surface area (Å²) in [5.74, 6) is 1.05. The Kier molecular flexibility index (Phi) is 6.37. The van der Waals surface area contributed by atoms with Crippen molar-refractivity contribution in [3.8, 4) is 16.9 Å². The molecular formula is C29H42OSi. The van der Waals surface area contributed by atoms with Crippen molar-refractivity contribution in [2.45, 2.75) is 85.9 Å². The minimum atomic E-state index is -0.950. The fraction of sp³-hybridized carbons (Fsp3) is 0.517. The normalized spacial score (nSPS) is 16.5. The summed E-state index contributed by atoms with van der Waals surface area (Å²) in [4.78, 5) is 0. The monoisotopic (exact) mass is 434 g/mol. The van der Waals surface area contributed by atoms with Crippen LogP contribution in [0.1, 0.15) is 81.3 Å². The van der Waals surface area contributed by atoms with Crippen LogP contribution >= 0.6 is 0 Å². The minimum Gasteiger partial charge on any atom is -0.496 e. The molecule has 3 rings (SSSR count). The van der Waals surface area contributed by atoms with E-state index in [-0.39, 0.29) is 10.8 Å². The van der Waals surface area contributed by atoms with Crippen LogP contribution in [0.15, 0.2) is 29.8 Å². The van der Waals surface area contributed by atoms with Crippen molar-refractivity contribution in [2.24, 2.45) is 5.41 Å². The highest BCUT2D eigenvalue weighted by Crippen LogP contribution is 2.52. The van der Waals surface area contributed by atoms with Gasteiger partial charge in [-0.3, -0.25) is 0 Å². The zero-order valence-corrected chi connectivity index (χ0v) is 22.8. The zero-order valence-electron chi connectivity index (χ0n) is 21.7. The largest absolute Gasteiger partial charge is 0.496 e. The van der Waals surface area contributed by atoms with Crippen LogP contribution in [0.5, 0.6) is 5.75 Å². The van der Waals surface area contributed by atoms with E-state index in [9.17, 15) is 0 Å². The van der Waals surface area contributed by atoms with Crippen LogP contribution in [0.25, 0.3) is 17.2 Å². The second-order valence-electron chi connectivity index (χ2n) is 12.1. The van der Waals surface area contributed by atoms with E-state index in [4.69, 9.17) is 4.74 Å². The highest BCUT2D eigenvalue weighted by Gasteiger charge is 2.36. The summed E-state index contributed by atoms with van der Waals surface area (Å²) in [6, 6.07) is 9.41. The van der Waals surface area contributed by atoms with Crippen LogP contribution in [0.2, 0.25) is 13.1 Å². The maximum absolute atomic E-state index is 6.18. The predicted molar refractivity (Wildman–Crippen MR) is 140 cm³/mol. The average Bonchev–Trinajstić information content (AvgIpc) is 2.93. The summed E-state index contributed by atoms with van der Waals surface area (Å²) < 4.78 is 6.18. The molecule has 168 valence electrons. The number of benzene rings is 2. The third kappa shape index (κ3) is 4.85. The second kappa shape index (κ2) is 8.28. The maximum atomic E-state index is 6.18. The Morgan fingerprint density at radius 1 is 0.903 bits per heavy atom. The van der Waals surface area contributed by atoms with E-state index >= 15 is 0 Å². The van der Waals surface area contributed by atoms with Gasteiger partial charge >= 0.3 is 0 Å². The molecule has 0 saturated heterocycles. The molecule has 1 aliphatic carbocycles. The molecular weight excluding hydrogens is 392 g/mol. The van der Waals surface area contributed by atoms with Gasteiger partial charge in [0.2, 0.25) is 0 Å². The zero-order chi connectivity index (χ0) is 23.3. The molecule has 0 spiro atoms. The quantitative estimate of drug-likeness (QED) is 0.440. The number of aryl methyl sites for hydroxylation is 2. The molecule has 2 aromatic rings. The molecule has 2 heteroatoms. The molecule has 0 fully saturated rings. The Bertz CT molecular complexity index is 992. The molecule has 0 amide bonds. The summed E-state index contributed by atoms with van der Waals surface area (Å²) in [6.45, 7) is 23.4. The summed E-state index contributed by atoms with van der Waals surface area (Å²) >= 11 is 0. The van der Waals surface area contributed by atoms with Crippen LogP contribution in [0.3, 0.4) is 0 Å². The van der Waals surface area contributed by atoms with E-state index in [1.807, 2.05) is 7.11 Å². The van der Waals surface area contributed by atoms with Gasteiger partial charge in [-0.15, -0.1) is 0 Å². The molecule has 0 aromatic heterocycles. The molecule has 0 aliphatic heterocycles. The summed E-state index contributed by atoms with van der Waals surface area (Å²) in [7, 11) is 0.890. The maximum Gasteiger partial charge on any atom is 0.131 e. The molecule has 1 atom stereocenters. The van der Waals surface area contributed by atoms with Crippen LogP contribution in [0.4, 0.5) is 0 Å². The third-order valence-electron chi connectivity index (χ3n) is 6.34. The molecule has 0 bridgehead atoms. The molecule has 0 radical (unpaired) electrons. The van der Waals surface area contributed by atoms with Gasteiger partial charge in [-0.05, 0) is 53.3 Å². The molecule has 31 heavy (non-hydrogen) atoms. The van der Waals surface area contributed by atoms with Gasteiger partial charge in [-0.1, -0.05) is 102 Å². The first-order valence-electron chi connectivity index (χ1n) is 11.8. The number of hydrogen-bond donors (Lipinski definition) is 0. The summed E-state index contributed by atoms with van der Waals surface area (Å²) in [5.41, 5.74) is 12.0. The first-order valence-corrected chi connectivity index (χ1v) is 14.7. The molecule has 0 heterocycles. The lowest BCUT2D eigenvalue weighted by Gasteiger charge is -2.29. The molecule has 1 unspecified atom stereocenters. The van der Waals surface area contributed by atoms with Gasteiger partial charge in [0.15, 0.2) is 0 Å². The van der Waals surface area contributed by atoms with Gasteiger partial charge in [0, 0.05) is 19.9 Å². The first-order chi connectivity index (χ1) is 14.2. The lowest BCUT2D eigenvalue weighted by molar-refractivity contribution is 0.398. The van der Waals surface area contributed by atoms with Crippen LogP contribution < -0.4 is 4.74 Å². The molecule has 2 aromatic carbocycles. The fourth-order valence-electron chi connectivity index (χ4n) is 5.32. The number of ether oxygens (including phenoxy) is 1. The lowest BCUT2D eigenvalue weighted by atomic mass is 9.81. The van der Waals surface area contributed by atoms with Crippen molar-refractivity contribution in [3.05, 3.63) is 57.7 Å². The average molecular weight is 435 g/mol. The molecule has 1 nitrogen and oxygen atoms in total. The van der Waals surface area contributed by atoms with Crippen molar-refractivity contribution < 1.29 is 4.74 Å². The number of allylic oxidation sites excluding steroid dienone is 1. The molecule has 1 aliphatic rings. The Labute approximate surface area is 192 Å². The van der Waals surface area contributed by atoms with Crippen LogP contribution in [-0.4, -0.2) is 15.9 Å². The van der Waals surface area contributed by atoms with E-state index in [1.165, 1.54) is 33.4 Å². The Balaban J connectivity index is 2.42. The standard InChI is InChI=1S/C29H42OSi/c1-18-12-19(2)14-20(13-18)25-22-15-21(17-28(3,4)5)27(31(10)11)23(22)16-24(26(25)30-9)29(6,7)8/h12-16,27,31H,17H2,1-11H3. The van der Waals surface area contributed by atoms with E-state index < -0.39 is 8.80 Å². The number of rotatable bonds is 4. The van der Waals surface area contributed by atoms with Crippen molar-refractivity contribution in [3.63, 3.8) is 0 Å². The van der Waals surface area contributed by atoms with Crippen LogP contribution in [-0.2, 0) is 5.41 Å². The van der Waals surface area contributed by atoms with Gasteiger partial charge in [-0.25, -0.2) is 0 Å². The van der Waals surface area contributed by atoms with Gasteiger partial charge < -0.3 is 4.74 Å².